The molecule has 0 aliphatic heterocycles. The number of allylic oxidation sites excluding steroid dienone is 2. The summed E-state index contributed by atoms with van der Waals surface area (Å²) in [4.78, 5) is 0. The van der Waals surface area contributed by atoms with E-state index in [1.54, 1.807) is 0 Å². The van der Waals surface area contributed by atoms with Crippen LogP contribution in [0.5, 0.6) is 0 Å². The molecule has 0 heteroatoms. The van der Waals surface area contributed by atoms with Crippen molar-refractivity contribution < 1.29 is 0 Å². The van der Waals surface area contributed by atoms with Crippen molar-refractivity contribution in [3.8, 4) is 0 Å². The summed E-state index contributed by atoms with van der Waals surface area (Å²) >= 11 is 0. The van der Waals surface area contributed by atoms with E-state index in [9.17, 15) is 0 Å². The second-order valence-corrected chi connectivity index (χ2v) is 3.87. The summed E-state index contributed by atoms with van der Waals surface area (Å²) in [6, 6.07) is 10.6. The number of rotatable bonds is 4. The summed E-state index contributed by atoms with van der Waals surface area (Å²) in [5.74, 6) is 0. The fraction of sp³-hybridized carbons (Fsp3) is 0.429. The molecule has 0 heterocycles. The summed E-state index contributed by atoms with van der Waals surface area (Å²) < 4.78 is 0. The monoisotopic (exact) mass is 188 g/mol. The summed E-state index contributed by atoms with van der Waals surface area (Å²) in [7, 11) is 0. The highest BCUT2D eigenvalue weighted by molar-refractivity contribution is 5.66. The van der Waals surface area contributed by atoms with Crippen LogP contribution in [-0.4, -0.2) is 0 Å². The quantitative estimate of drug-likeness (QED) is 0.644. The summed E-state index contributed by atoms with van der Waals surface area (Å²) in [5.41, 5.74) is 4.33. The maximum absolute atomic E-state index is 2.25. The summed E-state index contributed by atoms with van der Waals surface area (Å²) in [5, 5.41) is 0. The molecular weight excluding hydrogens is 168 g/mol. The number of benzene rings is 1. The van der Waals surface area contributed by atoms with Crippen LogP contribution < -0.4 is 0 Å². The van der Waals surface area contributed by atoms with Gasteiger partial charge in [-0.25, -0.2) is 0 Å². The first-order valence-corrected chi connectivity index (χ1v) is 5.47. The minimum atomic E-state index is 1.23. The van der Waals surface area contributed by atoms with Crippen LogP contribution in [-0.2, 0) is 0 Å². The van der Waals surface area contributed by atoms with Gasteiger partial charge in [-0.15, -0.1) is 0 Å². The van der Waals surface area contributed by atoms with E-state index in [0.29, 0.717) is 0 Å². The molecule has 0 spiro atoms. The van der Waals surface area contributed by atoms with Crippen molar-refractivity contribution in [2.45, 2.75) is 40.0 Å². The molecule has 0 bridgehead atoms. The van der Waals surface area contributed by atoms with Crippen molar-refractivity contribution in [2.75, 3.05) is 0 Å². The highest BCUT2D eigenvalue weighted by atomic mass is 14.0. The van der Waals surface area contributed by atoms with Crippen LogP contribution in [0, 0.1) is 0 Å². The van der Waals surface area contributed by atoms with Crippen LogP contribution in [0.25, 0.3) is 5.57 Å². The minimum Gasteiger partial charge on any atom is -0.0698 e. The summed E-state index contributed by atoms with van der Waals surface area (Å²) in [6.45, 7) is 6.71. The van der Waals surface area contributed by atoms with Crippen molar-refractivity contribution in [1.82, 2.24) is 0 Å². The fourth-order valence-electron chi connectivity index (χ4n) is 1.56. The van der Waals surface area contributed by atoms with E-state index in [4.69, 9.17) is 0 Å². The summed E-state index contributed by atoms with van der Waals surface area (Å²) in [6.07, 6.45) is 3.81. The topological polar surface area (TPSA) is 0 Å². The second-order valence-electron chi connectivity index (χ2n) is 3.87. The molecule has 0 aliphatic rings. The Morgan fingerprint density at radius 3 is 2.29 bits per heavy atom. The van der Waals surface area contributed by atoms with Gasteiger partial charge in [-0.05, 0) is 37.8 Å². The molecule has 0 aromatic heterocycles. The Balaban J connectivity index is 2.77. The standard InChI is InChI=1S/C14H20/c1-4-5-9-12(2)13(3)14-10-7-6-8-11-14/h6-8,10-11H,4-5,9H2,1-3H3. The molecule has 1 aromatic rings. The second kappa shape index (κ2) is 5.64. The van der Waals surface area contributed by atoms with Crippen molar-refractivity contribution in [1.29, 1.82) is 0 Å². The van der Waals surface area contributed by atoms with Crippen LogP contribution in [0.3, 0.4) is 0 Å². The van der Waals surface area contributed by atoms with E-state index in [-0.39, 0.29) is 0 Å². The predicted molar refractivity (Wildman–Crippen MR) is 64.2 cm³/mol. The molecule has 0 saturated heterocycles. The zero-order chi connectivity index (χ0) is 10.4. The normalized spacial score (nSPS) is 12.5. The van der Waals surface area contributed by atoms with Crippen LogP contribution in [0.2, 0.25) is 0 Å². The Morgan fingerprint density at radius 2 is 1.71 bits per heavy atom. The molecule has 1 aromatic carbocycles. The number of unbranched alkanes of at least 4 members (excludes halogenated alkanes) is 1. The molecule has 0 radical (unpaired) electrons. The smallest absolute Gasteiger partial charge is 0.0228 e. The Labute approximate surface area is 87.7 Å². The van der Waals surface area contributed by atoms with Gasteiger partial charge in [-0.2, -0.15) is 0 Å². The predicted octanol–water partition coefficient (Wildman–Crippen LogP) is 4.67. The van der Waals surface area contributed by atoms with Gasteiger partial charge in [0.2, 0.25) is 0 Å². The van der Waals surface area contributed by atoms with Gasteiger partial charge in [0.15, 0.2) is 0 Å². The first kappa shape index (κ1) is 11.0. The largest absolute Gasteiger partial charge is 0.0698 e. The van der Waals surface area contributed by atoms with Gasteiger partial charge in [0, 0.05) is 0 Å². The van der Waals surface area contributed by atoms with Crippen LogP contribution >= 0.6 is 0 Å². The molecule has 14 heavy (non-hydrogen) atoms. The van der Waals surface area contributed by atoms with Crippen molar-refractivity contribution in [3.05, 3.63) is 41.5 Å². The van der Waals surface area contributed by atoms with Crippen molar-refractivity contribution in [3.63, 3.8) is 0 Å². The third kappa shape index (κ3) is 3.02. The third-order valence-electron chi connectivity index (χ3n) is 2.75. The van der Waals surface area contributed by atoms with E-state index < -0.39 is 0 Å². The maximum Gasteiger partial charge on any atom is -0.0228 e. The zero-order valence-electron chi connectivity index (χ0n) is 9.51. The lowest BCUT2D eigenvalue weighted by Crippen LogP contribution is -1.85. The van der Waals surface area contributed by atoms with Gasteiger partial charge in [0.1, 0.15) is 0 Å². The van der Waals surface area contributed by atoms with E-state index in [0.717, 1.165) is 0 Å². The molecule has 0 nitrogen and oxygen atoms in total. The zero-order valence-corrected chi connectivity index (χ0v) is 9.51. The highest BCUT2D eigenvalue weighted by Crippen LogP contribution is 2.20. The average molecular weight is 188 g/mol. The fourth-order valence-corrected chi connectivity index (χ4v) is 1.56. The Hall–Kier alpha value is -1.04. The van der Waals surface area contributed by atoms with Gasteiger partial charge < -0.3 is 0 Å². The van der Waals surface area contributed by atoms with Crippen LogP contribution in [0.1, 0.15) is 45.6 Å². The molecular formula is C14H20. The molecule has 0 aliphatic carbocycles. The van der Waals surface area contributed by atoms with E-state index >= 15 is 0 Å². The molecule has 76 valence electrons. The van der Waals surface area contributed by atoms with Crippen LogP contribution in [0.15, 0.2) is 35.9 Å². The highest BCUT2D eigenvalue weighted by Gasteiger charge is 1.98. The molecule has 0 amide bonds. The van der Waals surface area contributed by atoms with E-state index in [2.05, 4.69) is 51.1 Å². The lowest BCUT2D eigenvalue weighted by atomic mass is 9.99. The number of hydrogen-bond acceptors (Lipinski definition) is 0. The van der Waals surface area contributed by atoms with Gasteiger partial charge in [0.25, 0.3) is 0 Å². The molecule has 0 N–H and O–H groups in total. The van der Waals surface area contributed by atoms with Gasteiger partial charge in [-0.1, -0.05) is 49.2 Å². The van der Waals surface area contributed by atoms with Crippen molar-refractivity contribution in [2.24, 2.45) is 0 Å². The first-order valence-electron chi connectivity index (χ1n) is 5.47. The Kier molecular flexibility index (Phi) is 4.45. The lowest BCUT2D eigenvalue weighted by Gasteiger charge is -2.07. The SMILES string of the molecule is CCCCC(C)=C(C)c1ccccc1. The maximum atomic E-state index is 2.25. The van der Waals surface area contributed by atoms with Crippen LogP contribution in [0.4, 0.5) is 0 Å². The Bertz CT molecular complexity index is 293. The Morgan fingerprint density at radius 1 is 1.07 bits per heavy atom. The van der Waals surface area contributed by atoms with Gasteiger partial charge in [-0.3, -0.25) is 0 Å². The molecule has 0 unspecified atom stereocenters. The van der Waals surface area contributed by atoms with Crippen molar-refractivity contribution >= 4 is 5.57 Å². The average Bonchev–Trinajstić information content (AvgIpc) is 2.26. The molecule has 0 fully saturated rings. The first-order chi connectivity index (χ1) is 6.75. The van der Waals surface area contributed by atoms with E-state index in [1.807, 2.05) is 0 Å². The van der Waals surface area contributed by atoms with Gasteiger partial charge >= 0.3 is 0 Å². The molecule has 1 rings (SSSR count). The van der Waals surface area contributed by atoms with E-state index in [1.165, 1.54) is 36.0 Å². The third-order valence-corrected chi connectivity index (χ3v) is 2.75. The lowest BCUT2D eigenvalue weighted by molar-refractivity contribution is 0.788. The molecule has 0 atom stereocenters. The molecule has 0 saturated carbocycles. The van der Waals surface area contributed by atoms with Gasteiger partial charge in [0.05, 0.1) is 0 Å². The number of hydrogen-bond donors (Lipinski definition) is 0. The minimum absolute atomic E-state index is 1.23.